The lowest BCUT2D eigenvalue weighted by molar-refractivity contribution is -0.142. The molecule has 0 spiro atoms. The first-order chi connectivity index (χ1) is 32.7. The lowest BCUT2D eigenvalue weighted by Gasteiger charge is -2.28. The molecule has 23 nitrogen and oxygen atoms in total. The van der Waals surface area contributed by atoms with Crippen LogP contribution in [0.1, 0.15) is 113 Å². The van der Waals surface area contributed by atoms with E-state index in [9.17, 15) is 53.4 Å². The molecule has 70 heavy (non-hydrogen) atoms. The van der Waals surface area contributed by atoms with Gasteiger partial charge >= 0.3 is 5.97 Å². The highest BCUT2D eigenvalue weighted by molar-refractivity contribution is 7.98. The third-order valence-corrected chi connectivity index (χ3v) is 12.2. The highest BCUT2D eigenvalue weighted by atomic mass is 32.2. The number of nitrogens with one attached hydrogen (secondary N) is 7. The fraction of sp³-hybridized carbons (Fsp3) is 0.778. The number of carboxylic acid groups (broad SMARTS) is 1. The molecule has 0 aromatic heterocycles. The first kappa shape index (κ1) is 65.3. The summed E-state index contributed by atoms with van der Waals surface area (Å²) in [6, 6.07) is -10.2. The van der Waals surface area contributed by atoms with Crippen LogP contribution in [0.25, 0.3) is 0 Å². The highest BCUT2D eigenvalue weighted by Crippen LogP contribution is 2.12. The average molecular weight is 1030 g/mol. The minimum atomic E-state index is -1.63. The number of guanidine groups is 1. The summed E-state index contributed by atoms with van der Waals surface area (Å²) in [6.45, 7) is 13.6. The number of hydrogen-bond acceptors (Lipinski definition) is 15. The summed E-state index contributed by atoms with van der Waals surface area (Å²) in [5.41, 5.74) is 23.1. The summed E-state index contributed by atoms with van der Waals surface area (Å²) < 4.78 is 0. The Labute approximate surface area is 421 Å². The number of nitrogens with two attached hydrogens (primary N) is 4. The molecule has 7 amide bonds. The number of unbranched alkanes of at least 4 members (excludes halogenated alkanes) is 1. The molecular formula is C45H84N12O11S2. The number of thioether (sulfide) groups is 2. The summed E-state index contributed by atoms with van der Waals surface area (Å²) >= 11 is 2.73. The van der Waals surface area contributed by atoms with Gasteiger partial charge in [-0.15, -0.1) is 0 Å². The van der Waals surface area contributed by atoms with Crippen LogP contribution >= 0.6 is 23.5 Å². The Balaban J connectivity index is 5.91. The van der Waals surface area contributed by atoms with E-state index in [-0.39, 0.29) is 80.3 Å². The standard InChI is InChI=1S/C45H84N12O11S2/c1-23(2)20-31(40(63)56-33(22-70-10)41(64)55-32(44(67)68)21-24(3)4)54-43(66)36(27(8)58)57-39(62)29(15-13-18-50-45(48)49)52-37(60)28(46)14-11-12-16-34(59)26(7)51-38(61)30(17-19-69-9)53-42(65)35(47)25(5)6/h23-33,35-36,58H,11-22,46-47H2,1-10H3,(H,51,61)(H,52,60)(H,53,65)(H,54,66)(H,55,64)(H,56,63)(H,57,62)(H,67,68)(H4,48,49,50)/t26-,27+,28-,29-,30-,31-,32-,33-,35-,36-/m0/s1. The Bertz CT molecular complexity index is 1740. The van der Waals surface area contributed by atoms with Crippen molar-refractivity contribution in [3.05, 3.63) is 0 Å². The van der Waals surface area contributed by atoms with Gasteiger partial charge in [0.25, 0.3) is 0 Å². The second kappa shape index (κ2) is 34.6. The SMILES string of the molecule is CSCC[C@H](NC(=O)[C@@H](N)C(C)C)C(=O)N[C@@H](C)C(=O)CCCC[C@H](N)C(=O)N[C@@H](CCCN=C(N)N)C(=O)N[C@H](C(=O)N[C@@H](CC(C)C)C(=O)N[C@@H](CSC)C(=O)N[C@@H](CC(C)C)C(=O)O)[C@@H](C)O. The quantitative estimate of drug-likeness (QED) is 0.0194. The number of aliphatic hydroxyl groups excluding tert-OH is 1. The summed E-state index contributed by atoms with van der Waals surface area (Å²) in [7, 11) is 0. The van der Waals surface area contributed by atoms with E-state index in [1.54, 1.807) is 54.7 Å². The molecule has 0 aliphatic carbocycles. The first-order valence-corrected chi connectivity index (χ1v) is 26.6. The topological polar surface area (TPSA) is 395 Å². The largest absolute Gasteiger partial charge is 0.480 e. The van der Waals surface area contributed by atoms with E-state index in [1.807, 2.05) is 6.26 Å². The predicted molar refractivity (Wildman–Crippen MR) is 273 cm³/mol. The molecule has 17 N–H and O–H groups in total. The number of hydrogen-bond donors (Lipinski definition) is 13. The molecule has 0 aliphatic heterocycles. The molecule has 0 saturated carbocycles. The number of carboxylic acids is 1. The second-order valence-electron chi connectivity index (χ2n) is 18.6. The van der Waals surface area contributed by atoms with Crippen molar-refractivity contribution >= 4 is 82.6 Å². The molecule has 0 fully saturated rings. The molecule has 0 bridgehead atoms. The number of amides is 7. The number of aliphatic imine (C=N–C) groups is 1. The van der Waals surface area contributed by atoms with E-state index in [0.29, 0.717) is 25.0 Å². The summed E-state index contributed by atoms with van der Waals surface area (Å²) in [6.07, 6.45) is 3.57. The number of aliphatic carboxylic acids is 1. The fourth-order valence-electron chi connectivity index (χ4n) is 6.74. The van der Waals surface area contributed by atoms with E-state index in [0.717, 1.165) is 0 Å². The van der Waals surface area contributed by atoms with Gasteiger partial charge in [-0.1, -0.05) is 48.0 Å². The smallest absolute Gasteiger partial charge is 0.326 e. The number of carbonyl (C=O) groups excluding carboxylic acids is 8. The number of Topliss-reactive ketones (excluding diaryl/α,β-unsaturated/α-hetero) is 1. The monoisotopic (exact) mass is 1030 g/mol. The van der Waals surface area contributed by atoms with Gasteiger partial charge in [0.2, 0.25) is 41.4 Å². The van der Waals surface area contributed by atoms with Crippen LogP contribution in [-0.4, -0.2) is 160 Å². The first-order valence-electron chi connectivity index (χ1n) is 23.8. The molecule has 0 aromatic rings. The Hall–Kier alpha value is -4.72. The van der Waals surface area contributed by atoms with Crippen LogP contribution in [-0.2, 0) is 43.2 Å². The average Bonchev–Trinajstić information content (AvgIpc) is 3.26. The van der Waals surface area contributed by atoms with E-state index in [2.05, 4.69) is 42.2 Å². The Kier molecular flexibility index (Phi) is 32.2. The molecular weight excluding hydrogens is 949 g/mol. The van der Waals surface area contributed by atoms with Gasteiger partial charge in [-0.25, -0.2) is 4.79 Å². The fourth-order valence-corrected chi connectivity index (χ4v) is 7.78. The van der Waals surface area contributed by atoms with Crippen LogP contribution in [0.3, 0.4) is 0 Å². The van der Waals surface area contributed by atoms with Crippen molar-refractivity contribution in [3.8, 4) is 0 Å². The van der Waals surface area contributed by atoms with E-state index in [1.165, 1.54) is 30.4 Å². The van der Waals surface area contributed by atoms with Crippen LogP contribution in [0.2, 0.25) is 0 Å². The number of ketones is 1. The molecule has 0 unspecified atom stereocenters. The van der Waals surface area contributed by atoms with Crippen LogP contribution < -0.4 is 60.2 Å². The van der Waals surface area contributed by atoms with Crippen LogP contribution in [0, 0.1) is 17.8 Å². The summed E-state index contributed by atoms with van der Waals surface area (Å²) in [4.78, 5) is 122. The Morgan fingerprint density at radius 1 is 0.557 bits per heavy atom. The molecule has 402 valence electrons. The van der Waals surface area contributed by atoms with Crippen molar-refractivity contribution in [2.24, 2.45) is 45.7 Å². The van der Waals surface area contributed by atoms with Crippen molar-refractivity contribution in [2.45, 2.75) is 174 Å². The van der Waals surface area contributed by atoms with Crippen LogP contribution in [0.5, 0.6) is 0 Å². The molecule has 10 atom stereocenters. The predicted octanol–water partition coefficient (Wildman–Crippen LogP) is -1.43. The molecule has 25 heteroatoms. The second-order valence-corrected chi connectivity index (χ2v) is 20.5. The zero-order chi connectivity index (χ0) is 53.8. The minimum absolute atomic E-state index is 0.0309. The lowest BCUT2D eigenvalue weighted by Crippen LogP contribution is -2.61. The van der Waals surface area contributed by atoms with Crippen LogP contribution in [0.15, 0.2) is 4.99 Å². The summed E-state index contributed by atoms with van der Waals surface area (Å²) in [5.74, 6) is -6.40. The van der Waals surface area contributed by atoms with Gasteiger partial charge in [0.05, 0.1) is 24.2 Å². The number of nitrogens with zero attached hydrogens (tertiary/aromatic N) is 1. The normalized spacial score (nSPS) is 15.7. The summed E-state index contributed by atoms with van der Waals surface area (Å²) in [5, 5.41) is 38.5. The van der Waals surface area contributed by atoms with Crippen LogP contribution in [0.4, 0.5) is 0 Å². The van der Waals surface area contributed by atoms with E-state index in [4.69, 9.17) is 22.9 Å². The van der Waals surface area contributed by atoms with Gasteiger partial charge in [-0.05, 0) is 94.8 Å². The molecule has 0 radical (unpaired) electrons. The number of rotatable bonds is 36. The molecule has 0 aromatic carbocycles. The van der Waals surface area contributed by atoms with Crippen molar-refractivity contribution in [2.75, 3.05) is 30.6 Å². The molecule has 0 saturated heterocycles. The third kappa shape index (κ3) is 26.5. The maximum Gasteiger partial charge on any atom is 0.326 e. The molecule has 0 heterocycles. The van der Waals surface area contributed by atoms with Gasteiger partial charge in [0, 0.05) is 18.7 Å². The highest BCUT2D eigenvalue weighted by Gasteiger charge is 2.35. The maximum atomic E-state index is 13.8. The zero-order valence-corrected chi connectivity index (χ0v) is 44.3. The van der Waals surface area contributed by atoms with Crippen molar-refractivity contribution < 1.29 is 53.4 Å². The molecule has 0 rings (SSSR count). The van der Waals surface area contributed by atoms with Gasteiger partial charge in [0.15, 0.2) is 11.7 Å². The maximum absolute atomic E-state index is 13.8. The van der Waals surface area contributed by atoms with Gasteiger partial charge in [-0.2, -0.15) is 23.5 Å². The molecule has 0 aliphatic rings. The Morgan fingerprint density at radius 2 is 1.06 bits per heavy atom. The van der Waals surface area contributed by atoms with Gasteiger partial charge in [0.1, 0.15) is 36.3 Å². The third-order valence-electron chi connectivity index (χ3n) is 10.9. The van der Waals surface area contributed by atoms with E-state index >= 15 is 0 Å². The lowest BCUT2D eigenvalue weighted by atomic mass is 10.0. The van der Waals surface area contributed by atoms with Crippen molar-refractivity contribution in [1.82, 2.24) is 37.2 Å². The zero-order valence-electron chi connectivity index (χ0n) is 42.6. The van der Waals surface area contributed by atoms with Gasteiger partial charge < -0.3 is 70.4 Å². The van der Waals surface area contributed by atoms with Gasteiger partial charge in [-0.3, -0.25) is 43.3 Å². The van der Waals surface area contributed by atoms with E-state index < -0.39 is 108 Å². The number of carbonyl (C=O) groups is 9. The Morgan fingerprint density at radius 3 is 1.59 bits per heavy atom. The minimum Gasteiger partial charge on any atom is -0.480 e. The number of aliphatic hydroxyl groups is 1. The van der Waals surface area contributed by atoms with Crippen molar-refractivity contribution in [3.63, 3.8) is 0 Å². The van der Waals surface area contributed by atoms with Crippen molar-refractivity contribution in [1.29, 1.82) is 0 Å².